The molecule has 0 radical (unpaired) electrons. The third-order valence-corrected chi connectivity index (χ3v) is 2.00. The summed E-state index contributed by atoms with van der Waals surface area (Å²) in [6.07, 6.45) is 5.73. The third kappa shape index (κ3) is 6.41. The van der Waals surface area contributed by atoms with E-state index in [2.05, 4.69) is 32.7 Å². The lowest BCUT2D eigenvalue weighted by atomic mass is 10.0. The average Bonchev–Trinajstić information content (AvgIpc) is 2.05. The largest absolute Gasteiger partial charge is 0.311 e. The Morgan fingerprint density at radius 3 is 2.42 bits per heavy atom. The van der Waals surface area contributed by atoms with Crippen molar-refractivity contribution in [3.8, 4) is 0 Å². The Kier molecular flexibility index (Phi) is 7.17. The molecule has 1 atom stereocenters. The number of hydrogen-bond acceptors (Lipinski definition) is 1. The first-order valence-electron chi connectivity index (χ1n) is 5.06. The highest BCUT2D eigenvalue weighted by molar-refractivity contribution is 4.85. The van der Waals surface area contributed by atoms with E-state index in [1.54, 1.807) is 0 Å². The molecule has 0 rings (SSSR count). The van der Waals surface area contributed by atoms with Gasteiger partial charge in [-0.1, -0.05) is 26.8 Å². The summed E-state index contributed by atoms with van der Waals surface area (Å²) in [5, 5.41) is 3.46. The first kappa shape index (κ1) is 11.7. The molecule has 0 aromatic heterocycles. The maximum Gasteiger partial charge on any atom is 0.0247 e. The van der Waals surface area contributed by atoms with Crippen LogP contribution >= 0.6 is 0 Å². The van der Waals surface area contributed by atoms with Gasteiger partial charge in [0.1, 0.15) is 0 Å². The Morgan fingerprint density at radius 2 is 2.00 bits per heavy atom. The Balaban J connectivity index is 3.46. The van der Waals surface area contributed by atoms with Crippen molar-refractivity contribution in [1.82, 2.24) is 5.32 Å². The second kappa shape index (κ2) is 7.35. The highest BCUT2D eigenvalue weighted by Crippen LogP contribution is 2.07. The van der Waals surface area contributed by atoms with Gasteiger partial charge in [0.25, 0.3) is 0 Å². The van der Waals surface area contributed by atoms with Crippen LogP contribution in [0, 0.1) is 5.92 Å². The van der Waals surface area contributed by atoms with Crippen molar-refractivity contribution in [2.24, 2.45) is 5.92 Å². The molecule has 0 aliphatic carbocycles. The van der Waals surface area contributed by atoms with E-state index in [1.807, 2.05) is 6.08 Å². The molecule has 0 saturated carbocycles. The maximum absolute atomic E-state index is 3.83. The Bertz CT molecular complexity index is 108. The van der Waals surface area contributed by atoms with E-state index < -0.39 is 0 Å². The number of nitrogens with one attached hydrogen (secondary N) is 1. The van der Waals surface area contributed by atoms with Crippen LogP contribution in [-0.2, 0) is 0 Å². The molecule has 0 saturated heterocycles. The van der Waals surface area contributed by atoms with Crippen molar-refractivity contribution in [2.45, 2.75) is 46.1 Å². The maximum atomic E-state index is 3.83. The summed E-state index contributed by atoms with van der Waals surface area (Å²) in [5.74, 6) is 0.802. The molecule has 0 heterocycles. The van der Waals surface area contributed by atoms with Gasteiger partial charge in [0.2, 0.25) is 0 Å². The number of hydrogen-bond donors (Lipinski definition) is 1. The van der Waals surface area contributed by atoms with Crippen molar-refractivity contribution >= 4 is 0 Å². The monoisotopic (exact) mass is 169 g/mol. The summed E-state index contributed by atoms with van der Waals surface area (Å²) in [4.78, 5) is 0. The van der Waals surface area contributed by atoms with Gasteiger partial charge < -0.3 is 5.32 Å². The SMILES string of the molecule is C=CC(CCC(C)C)NCCC. The van der Waals surface area contributed by atoms with Gasteiger partial charge >= 0.3 is 0 Å². The molecule has 0 aliphatic heterocycles. The van der Waals surface area contributed by atoms with Crippen LogP contribution in [0.4, 0.5) is 0 Å². The van der Waals surface area contributed by atoms with Crippen LogP contribution in [0.1, 0.15) is 40.0 Å². The summed E-state index contributed by atoms with van der Waals surface area (Å²) >= 11 is 0. The van der Waals surface area contributed by atoms with Crippen LogP contribution in [0.2, 0.25) is 0 Å². The molecule has 0 amide bonds. The molecule has 1 nitrogen and oxygen atoms in total. The standard InChI is InChI=1S/C11H23N/c1-5-9-12-11(6-2)8-7-10(3)4/h6,10-12H,2,5,7-9H2,1,3-4H3. The molecule has 0 aromatic rings. The van der Waals surface area contributed by atoms with E-state index in [0.717, 1.165) is 12.5 Å². The van der Waals surface area contributed by atoms with Crippen molar-refractivity contribution in [3.05, 3.63) is 12.7 Å². The van der Waals surface area contributed by atoms with E-state index in [-0.39, 0.29) is 0 Å². The lowest BCUT2D eigenvalue weighted by Gasteiger charge is -2.14. The van der Waals surface area contributed by atoms with Gasteiger partial charge in [-0.3, -0.25) is 0 Å². The van der Waals surface area contributed by atoms with Crippen molar-refractivity contribution in [1.29, 1.82) is 0 Å². The molecule has 0 fully saturated rings. The molecule has 12 heavy (non-hydrogen) atoms. The molecular formula is C11H23N. The molecular weight excluding hydrogens is 146 g/mol. The van der Waals surface area contributed by atoms with E-state index >= 15 is 0 Å². The van der Waals surface area contributed by atoms with Crippen LogP contribution in [0.15, 0.2) is 12.7 Å². The fraction of sp³-hybridized carbons (Fsp3) is 0.818. The molecule has 0 aromatic carbocycles. The molecule has 1 N–H and O–H groups in total. The average molecular weight is 169 g/mol. The fourth-order valence-corrected chi connectivity index (χ4v) is 1.15. The van der Waals surface area contributed by atoms with Crippen LogP contribution in [0.5, 0.6) is 0 Å². The second-order valence-corrected chi connectivity index (χ2v) is 3.77. The quantitative estimate of drug-likeness (QED) is 0.578. The Hall–Kier alpha value is -0.300. The Morgan fingerprint density at radius 1 is 1.33 bits per heavy atom. The van der Waals surface area contributed by atoms with E-state index in [1.165, 1.54) is 19.3 Å². The van der Waals surface area contributed by atoms with Crippen molar-refractivity contribution in [3.63, 3.8) is 0 Å². The lowest BCUT2D eigenvalue weighted by Crippen LogP contribution is -2.27. The first-order valence-corrected chi connectivity index (χ1v) is 5.06. The fourth-order valence-electron chi connectivity index (χ4n) is 1.15. The van der Waals surface area contributed by atoms with Crippen LogP contribution < -0.4 is 5.32 Å². The Labute approximate surface area is 77.2 Å². The lowest BCUT2D eigenvalue weighted by molar-refractivity contribution is 0.478. The molecule has 72 valence electrons. The van der Waals surface area contributed by atoms with Gasteiger partial charge in [-0.25, -0.2) is 0 Å². The summed E-state index contributed by atoms with van der Waals surface area (Å²) in [7, 11) is 0. The normalized spacial score (nSPS) is 13.3. The molecule has 0 spiro atoms. The minimum Gasteiger partial charge on any atom is -0.311 e. The first-order chi connectivity index (χ1) is 5.70. The molecule has 1 heteroatoms. The van der Waals surface area contributed by atoms with Gasteiger partial charge in [0.05, 0.1) is 0 Å². The van der Waals surface area contributed by atoms with Gasteiger partial charge in [-0.2, -0.15) is 0 Å². The second-order valence-electron chi connectivity index (χ2n) is 3.77. The minimum absolute atomic E-state index is 0.521. The molecule has 1 unspecified atom stereocenters. The van der Waals surface area contributed by atoms with Gasteiger partial charge in [0.15, 0.2) is 0 Å². The van der Waals surface area contributed by atoms with E-state index in [9.17, 15) is 0 Å². The van der Waals surface area contributed by atoms with Crippen LogP contribution in [0.25, 0.3) is 0 Å². The van der Waals surface area contributed by atoms with E-state index in [4.69, 9.17) is 0 Å². The minimum atomic E-state index is 0.521. The predicted molar refractivity (Wildman–Crippen MR) is 56.4 cm³/mol. The summed E-state index contributed by atoms with van der Waals surface area (Å²) in [6.45, 7) is 11.7. The highest BCUT2D eigenvalue weighted by atomic mass is 14.9. The van der Waals surface area contributed by atoms with Gasteiger partial charge in [-0.05, 0) is 31.7 Å². The van der Waals surface area contributed by atoms with Gasteiger partial charge in [-0.15, -0.1) is 6.58 Å². The smallest absolute Gasteiger partial charge is 0.0247 e. The topological polar surface area (TPSA) is 12.0 Å². The van der Waals surface area contributed by atoms with Crippen molar-refractivity contribution < 1.29 is 0 Å². The van der Waals surface area contributed by atoms with Gasteiger partial charge in [0, 0.05) is 6.04 Å². The highest BCUT2D eigenvalue weighted by Gasteiger charge is 2.03. The van der Waals surface area contributed by atoms with E-state index in [0.29, 0.717) is 6.04 Å². The molecule has 0 bridgehead atoms. The summed E-state index contributed by atoms with van der Waals surface area (Å²) in [5.41, 5.74) is 0. The predicted octanol–water partition coefficient (Wildman–Crippen LogP) is 2.98. The van der Waals surface area contributed by atoms with Crippen LogP contribution in [-0.4, -0.2) is 12.6 Å². The van der Waals surface area contributed by atoms with Crippen LogP contribution in [0.3, 0.4) is 0 Å². The zero-order chi connectivity index (χ0) is 9.40. The summed E-state index contributed by atoms with van der Waals surface area (Å²) in [6, 6.07) is 0.521. The van der Waals surface area contributed by atoms with Crippen molar-refractivity contribution in [2.75, 3.05) is 6.54 Å². The molecule has 0 aliphatic rings. The zero-order valence-corrected chi connectivity index (χ0v) is 8.77. The summed E-state index contributed by atoms with van der Waals surface area (Å²) < 4.78 is 0. The third-order valence-electron chi connectivity index (χ3n) is 2.00. The zero-order valence-electron chi connectivity index (χ0n) is 8.77. The number of rotatable bonds is 7.